The van der Waals surface area contributed by atoms with Crippen molar-refractivity contribution in [2.75, 3.05) is 19.6 Å². The van der Waals surface area contributed by atoms with Gasteiger partial charge in [0, 0.05) is 12.6 Å². The lowest BCUT2D eigenvalue weighted by atomic mass is 10.0. The molecule has 2 N–H and O–H groups in total. The highest BCUT2D eigenvalue weighted by Gasteiger charge is 2.49. The minimum absolute atomic E-state index is 0.634. The molecule has 16 heavy (non-hydrogen) atoms. The number of hydrogen-bond acceptors (Lipinski definition) is 2. The van der Waals surface area contributed by atoms with E-state index in [1.165, 1.54) is 38.6 Å². The Labute approximate surface area is 101 Å². The summed E-state index contributed by atoms with van der Waals surface area (Å²) in [5.74, 6) is 3.21. The van der Waals surface area contributed by atoms with Crippen LogP contribution < -0.4 is 10.6 Å². The molecular weight excluding hydrogens is 196 g/mol. The van der Waals surface area contributed by atoms with Crippen molar-refractivity contribution in [3.63, 3.8) is 0 Å². The molecule has 2 aliphatic rings. The van der Waals surface area contributed by atoms with Crippen molar-refractivity contribution in [1.82, 2.24) is 10.6 Å². The standard InChI is InChI=1S/C14H28N2/c1-3-8-15-9-11(2)16-10-14-12-6-4-5-7-13(12)14/h11-16H,3-10H2,1-2H3. The third kappa shape index (κ3) is 3.21. The highest BCUT2D eigenvalue weighted by Crippen LogP contribution is 2.54. The lowest BCUT2D eigenvalue weighted by Gasteiger charge is -2.14. The molecular formula is C14H28N2. The molecule has 0 aromatic heterocycles. The summed E-state index contributed by atoms with van der Waals surface area (Å²) in [6.07, 6.45) is 7.25. The first kappa shape index (κ1) is 12.4. The van der Waals surface area contributed by atoms with Crippen molar-refractivity contribution in [2.45, 2.75) is 52.0 Å². The number of hydrogen-bond donors (Lipinski definition) is 2. The van der Waals surface area contributed by atoms with Gasteiger partial charge in [-0.25, -0.2) is 0 Å². The minimum Gasteiger partial charge on any atom is -0.315 e. The molecule has 0 radical (unpaired) electrons. The van der Waals surface area contributed by atoms with Crippen molar-refractivity contribution >= 4 is 0 Å². The van der Waals surface area contributed by atoms with Gasteiger partial charge in [-0.1, -0.05) is 19.8 Å². The van der Waals surface area contributed by atoms with Crippen LogP contribution in [0.1, 0.15) is 46.0 Å². The summed E-state index contributed by atoms with van der Waals surface area (Å²) in [6.45, 7) is 8.07. The van der Waals surface area contributed by atoms with Crippen LogP contribution in [-0.2, 0) is 0 Å². The average molecular weight is 224 g/mol. The van der Waals surface area contributed by atoms with Crippen LogP contribution in [0.3, 0.4) is 0 Å². The molecule has 3 atom stereocenters. The molecule has 0 heterocycles. The molecule has 0 aromatic rings. The molecule has 3 unspecified atom stereocenters. The topological polar surface area (TPSA) is 24.1 Å². The third-order valence-electron chi connectivity index (χ3n) is 4.41. The van der Waals surface area contributed by atoms with Gasteiger partial charge in [0.15, 0.2) is 0 Å². The lowest BCUT2D eigenvalue weighted by Crippen LogP contribution is -2.37. The van der Waals surface area contributed by atoms with Crippen LogP contribution in [0.2, 0.25) is 0 Å². The van der Waals surface area contributed by atoms with Crippen molar-refractivity contribution in [3.8, 4) is 0 Å². The highest BCUT2D eigenvalue weighted by molar-refractivity contribution is 5.00. The van der Waals surface area contributed by atoms with Crippen molar-refractivity contribution in [3.05, 3.63) is 0 Å². The normalized spacial score (nSPS) is 34.5. The van der Waals surface area contributed by atoms with Crippen molar-refractivity contribution < 1.29 is 0 Å². The number of nitrogens with one attached hydrogen (secondary N) is 2. The van der Waals surface area contributed by atoms with E-state index in [2.05, 4.69) is 24.5 Å². The van der Waals surface area contributed by atoms with Gasteiger partial charge in [0.25, 0.3) is 0 Å². The summed E-state index contributed by atoms with van der Waals surface area (Å²) in [4.78, 5) is 0. The molecule has 0 aromatic carbocycles. The van der Waals surface area contributed by atoms with E-state index in [1.54, 1.807) is 0 Å². The van der Waals surface area contributed by atoms with Crippen LogP contribution in [0.15, 0.2) is 0 Å². The van der Waals surface area contributed by atoms with Gasteiger partial charge in [0.05, 0.1) is 0 Å². The van der Waals surface area contributed by atoms with E-state index < -0.39 is 0 Å². The van der Waals surface area contributed by atoms with Crippen LogP contribution in [0.5, 0.6) is 0 Å². The van der Waals surface area contributed by atoms with Gasteiger partial charge in [-0.15, -0.1) is 0 Å². The van der Waals surface area contributed by atoms with Gasteiger partial charge in [-0.2, -0.15) is 0 Å². The van der Waals surface area contributed by atoms with E-state index in [-0.39, 0.29) is 0 Å². The predicted octanol–water partition coefficient (Wildman–Crippen LogP) is 2.40. The zero-order valence-electron chi connectivity index (χ0n) is 11.0. The molecule has 2 aliphatic carbocycles. The van der Waals surface area contributed by atoms with E-state index >= 15 is 0 Å². The molecule has 0 spiro atoms. The summed E-state index contributed by atoms with van der Waals surface area (Å²) >= 11 is 0. The fraction of sp³-hybridized carbons (Fsp3) is 1.00. The Kier molecular flexibility index (Phi) is 4.66. The fourth-order valence-electron chi connectivity index (χ4n) is 3.35. The van der Waals surface area contributed by atoms with E-state index in [1.807, 2.05) is 0 Å². The average Bonchev–Trinajstić information content (AvgIpc) is 3.00. The van der Waals surface area contributed by atoms with Crippen molar-refractivity contribution in [1.29, 1.82) is 0 Å². The number of rotatable bonds is 7. The first-order valence-corrected chi connectivity index (χ1v) is 7.27. The molecule has 0 bridgehead atoms. The fourth-order valence-corrected chi connectivity index (χ4v) is 3.35. The molecule has 2 saturated carbocycles. The summed E-state index contributed by atoms with van der Waals surface area (Å²) in [6, 6.07) is 0.634. The molecule has 0 saturated heterocycles. The second-order valence-corrected chi connectivity index (χ2v) is 5.79. The zero-order chi connectivity index (χ0) is 11.4. The second kappa shape index (κ2) is 6.02. The van der Waals surface area contributed by atoms with Crippen LogP contribution in [-0.4, -0.2) is 25.7 Å². The molecule has 2 fully saturated rings. The van der Waals surface area contributed by atoms with E-state index in [9.17, 15) is 0 Å². The summed E-state index contributed by atoms with van der Waals surface area (Å²) < 4.78 is 0. The molecule has 0 amide bonds. The second-order valence-electron chi connectivity index (χ2n) is 5.79. The monoisotopic (exact) mass is 224 g/mol. The maximum absolute atomic E-state index is 3.70. The first-order chi connectivity index (χ1) is 7.83. The van der Waals surface area contributed by atoms with Gasteiger partial charge >= 0.3 is 0 Å². The van der Waals surface area contributed by atoms with Crippen LogP contribution in [0, 0.1) is 17.8 Å². The van der Waals surface area contributed by atoms with Gasteiger partial charge in [-0.05, 0) is 57.0 Å². The highest BCUT2D eigenvalue weighted by atomic mass is 15.0. The smallest absolute Gasteiger partial charge is 0.0164 e. The summed E-state index contributed by atoms with van der Waals surface area (Å²) in [5, 5.41) is 7.18. The Bertz CT molecular complexity index is 193. The predicted molar refractivity (Wildman–Crippen MR) is 69.6 cm³/mol. The molecule has 2 rings (SSSR count). The molecule has 2 nitrogen and oxygen atoms in total. The minimum atomic E-state index is 0.634. The summed E-state index contributed by atoms with van der Waals surface area (Å²) in [7, 11) is 0. The maximum Gasteiger partial charge on any atom is 0.0164 e. The third-order valence-corrected chi connectivity index (χ3v) is 4.41. The SMILES string of the molecule is CCCNCC(C)NCC1C2CCCCC21. The Hall–Kier alpha value is -0.0800. The molecule has 0 aliphatic heterocycles. The Morgan fingerprint density at radius 3 is 2.50 bits per heavy atom. The van der Waals surface area contributed by atoms with E-state index in [0.717, 1.165) is 30.8 Å². The first-order valence-electron chi connectivity index (χ1n) is 7.27. The van der Waals surface area contributed by atoms with Crippen LogP contribution in [0.25, 0.3) is 0 Å². The Morgan fingerprint density at radius 2 is 1.88 bits per heavy atom. The van der Waals surface area contributed by atoms with Gasteiger partial charge < -0.3 is 10.6 Å². The zero-order valence-corrected chi connectivity index (χ0v) is 11.0. The van der Waals surface area contributed by atoms with E-state index in [4.69, 9.17) is 0 Å². The van der Waals surface area contributed by atoms with Gasteiger partial charge in [0.1, 0.15) is 0 Å². The Morgan fingerprint density at radius 1 is 1.19 bits per heavy atom. The quantitative estimate of drug-likeness (QED) is 0.649. The lowest BCUT2D eigenvalue weighted by molar-refractivity contribution is 0.476. The van der Waals surface area contributed by atoms with Gasteiger partial charge in [-0.3, -0.25) is 0 Å². The Balaban J connectivity index is 1.54. The van der Waals surface area contributed by atoms with Crippen LogP contribution in [0.4, 0.5) is 0 Å². The van der Waals surface area contributed by atoms with Crippen LogP contribution >= 0.6 is 0 Å². The largest absolute Gasteiger partial charge is 0.315 e. The van der Waals surface area contributed by atoms with E-state index in [0.29, 0.717) is 6.04 Å². The number of fused-ring (bicyclic) bond motifs is 1. The molecule has 94 valence electrons. The molecule has 2 heteroatoms. The van der Waals surface area contributed by atoms with Gasteiger partial charge in [0.2, 0.25) is 0 Å². The van der Waals surface area contributed by atoms with Crippen molar-refractivity contribution in [2.24, 2.45) is 17.8 Å². The summed E-state index contributed by atoms with van der Waals surface area (Å²) in [5.41, 5.74) is 0. The maximum atomic E-state index is 3.70.